The van der Waals surface area contributed by atoms with Gasteiger partial charge in [0.25, 0.3) is 11.5 Å². The second-order valence-corrected chi connectivity index (χ2v) is 7.14. The Kier molecular flexibility index (Phi) is 4.50. The summed E-state index contributed by atoms with van der Waals surface area (Å²) in [6.07, 6.45) is 4.62. The molecular weight excluding hydrogens is 366 g/mol. The van der Waals surface area contributed by atoms with Crippen LogP contribution in [0.1, 0.15) is 27.0 Å². The van der Waals surface area contributed by atoms with Crippen LogP contribution in [0.3, 0.4) is 0 Å². The van der Waals surface area contributed by atoms with Crippen LogP contribution in [0.15, 0.2) is 53.7 Å². The number of carbonyl (C=O) groups excluding carboxylic acids is 1. The number of carbonyl (C=O) groups is 1. The van der Waals surface area contributed by atoms with Crippen molar-refractivity contribution in [1.29, 1.82) is 0 Å². The van der Waals surface area contributed by atoms with Crippen LogP contribution >= 0.6 is 0 Å². The second-order valence-electron chi connectivity index (χ2n) is 7.14. The summed E-state index contributed by atoms with van der Waals surface area (Å²) in [6, 6.07) is 9.78. The van der Waals surface area contributed by atoms with Gasteiger partial charge in [-0.25, -0.2) is 9.97 Å². The van der Waals surface area contributed by atoms with E-state index in [4.69, 9.17) is 0 Å². The van der Waals surface area contributed by atoms with E-state index in [1.807, 2.05) is 26.1 Å². The van der Waals surface area contributed by atoms with Crippen LogP contribution in [0.2, 0.25) is 0 Å². The molecular formula is C22H21N5O2. The molecule has 0 radical (unpaired) electrons. The van der Waals surface area contributed by atoms with Gasteiger partial charge in [-0.2, -0.15) is 0 Å². The third kappa shape index (κ3) is 3.20. The Morgan fingerprint density at radius 3 is 2.55 bits per heavy atom. The maximum absolute atomic E-state index is 12.7. The molecule has 1 aromatic carbocycles. The maximum atomic E-state index is 12.7. The smallest absolute Gasteiger partial charge is 0.270 e. The number of benzene rings is 1. The predicted molar refractivity (Wildman–Crippen MR) is 112 cm³/mol. The number of pyridine rings is 1. The molecule has 3 aromatic heterocycles. The largest absolute Gasteiger partial charge is 0.313 e. The molecule has 0 bridgehead atoms. The first-order valence-electron chi connectivity index (χ1n) is 9.24. The molecule has 1 N–H and O–H groups in total. The zero-order valence-electron chi connectivity index (χ0n) is 16.7. The summed E-state index contributed by atoms with van der Waals surface area (Å²) in [5.74, 6) is -0.185. The van der Waals surface area contributed by atoms with Crippen LogP contribution in [0.25, 0.3) is 16.9 Å². The van der Waals surface area contributed by atoms with E-state index >= 15 is 0 Å². The highest BCUT2D eigenvalue weighted by Gasteiger charge is 2.17. The molecule has 0 spiro atoms. The van der Waals surface area contributed by atoms with E-state index in [0.717, 1.165) is 16.8 Å². The van der Waals surface area contributed by atoms with Gasteiger partial charge in [0.1, 0.15) is 11.2 Å². The van der Waals surface area contributed by atoms with Gasteiger partial charge in [-0.1, -0.05) is 18.2 Å². The van der Waals surface area contributed by atoms with Crippen LogP contribution < -0.4 is 10.9 Å². The Morgan fingerprint density at radius 1 is 1.00 bits per heavy atom. The van der Waals surface area contributed by atoms with Gasteiger partial charge in [0.2, 0.25) is 5.95 Å². The highest BCUT2D eigenvalue weighted by Crippen LogP contribution is 2.24. The number of hydrogen-bond donors (Lipinski definition) is 1. The van der Waals surface area contributed by atoms with Gasteiger partial charge in [0.05, 0.1) is 11.9 Å². The first-order chi connectivity index (χ1) is 13.9. The van der Waals surface area contributed by atoms with Crippen molar-refractivity contribution in [3.8, 4) is 11.3 Å². The molecule has 4 aromatic rings. The molecule has 0 aliphatic heterocycles. The molecule has 0 saturated heterocycles. The van der Waals surface area contributed by atoms with Crippen molar-refractivity contribution < 1.29 is 4.79 Å². The van der Waals surface area contributed by atoms with E-state index < -0.39 is 11.5 Å². The summed E-state index contributed by atoms with van der Waals surface area (Å²) in [5, 5.41) is 2.72. The average molecular weight is 387 g/mol. The molecule has 0 fully saturated rings. The van der Waals surface area contributed by atoms with Gasteiger partial charge in [0.15, 0.2) is 0 Å². The summed E-state index contributed by atoms with van der Waals surface area (Å²) >= 11 is 0. The molecule has 0 aliphatic carbocycles. The molecule has 29 heavy (non-hydrogen) atoms. The Labute approximate surface area is 167 Å². The van der Waals surface area contributed by atoms with E-state index in [9.17, 15) is 9.59 Å². The number of nitrogens with one attached hydrogen (secondary N) is 1. The lowest BCUT2D eigenvalue weighted by molar-refractivity contribution is 0.102. The van der Waals surface area contributed by atoms with Gasteiger partial charge >= 0.3 is 0 Å². The van der Waals surface area contributed by atoms with E-state index in [2.05, 4.69) is 41.3 Å². The minimum absolute atomic E-state index is 0.0381. The Morgan fingerprint density at radius 2 is 1.79 bits per heavy atom. The van der Waals surface area contributed by atoms with Crippen LogP contribution in [0.5, 0.6) is 0 Å². The lowest BCUT2D eigenvalue weighted by Gasteiger charge is -2.09. The highest BCUT2D eigenvalue weighted by molar-refractivity contribution is 6.03. The lowest BCUT2D eigenvalue weighted by atomic mass is 10.0. The molecule has 0 saturated carbocycles. The zero-order chi connectivity index (χ0) is 20.7. The highest BCUT2D eigenvalue weighted by atomic mass is 16.2. The van der Waals surface area contributed by atoms with Gasteiger partial charge in [-0.05, 0) is 49.6 Å². The zero-order valence-corrected chi connectivity index (χ0v) is 16.7. The summed E-state index contributed by atoms with van der Waals surface area (Å²) in [4.78, 5) is 34.1. The summed E-state index contributed by atoms with van der Waals surface area (Å²) in [6.45, 7) is 5.98. The van der Waals surface area contributed by atoms with Crippen LogP contribution in [-0.4, -0.2) is 24.8 Å². The van der Waals surface area contributed by atoms with Gasteiger partial charge in [-0.3, -0.25) is 19.3 Å². The van der Waals surface area contributed by atoms with E-state index in [1.54, 1.807) is 23.0 Å². The van der Waals surface area contributed by atoms with Crippen molar-refractivity contribution in [1.82, 2.24) is 18.9 Å². The Bertz CT molecular complexity index is 1320. The number of fused-ring (bicyclic) bond motifs is 1. The van der Waals surface area contributed by atoms with E-state index in [-0.39, 0.29) is 5.56 Å². The van der Waals surface area contributed by atoms with Crippen molar-refractivity contribution >= 4 is 17.5 Å². The third-order valence-corrected chi connectivity index (χ3v) is 5.19. The number of nitrogens with zero attached hydrogens (tertiary/aromatic N) is 4. The van der Waals surface area contributed by atoms with Crippen LogP contribution in [-0.2, 0) is 7.05 Å². The number of aromatic nitrogens is 4. The Hall–Kier alpha value is -3.74. The number of amides is 1. The SMILES string of the molecule is Cc1ccc(-c2cnc(NC(=O)c3cnc4c(C)cccn4c3=O)n2C)cc1C. The number of rotatable bonds is 3. The van der Waals surface area contributed by atoms with Crippen molar-refractivity contribution in [3.63, 3.8) is 0 Å². The minimum Gasteiger partial charge on any atom is -0.313 e. The Balaban J connectivity index is 1.67. The second kappa shape index (κ2) is 7.01. The van der Waals surface area contributed by atoms with Gasteiger partial charge in [0, 0.05) is 25.0 Å². The predicted octanol–water partition coefficient (Wildman–Crippen LogP) is 3.27. The molecule has 0 aliphatic rings. The number of hydrogen-bond acceptors (Lipinski definition) is 4. The molecule has 4 rings (SSSR count). The first-order valence-corrected chi connectivity index (χ1v) is 9.24. The lowest BCUT2D eigenvalue weighted by Crippen LogP contribution is -2.27. The molecule has 146 valence electrons. The monoisotopic (exact) mass is 387 g/mol. The van der Waals surface area contributed by atoms with Gasteiger partial charge < -0.3 is 4.57 Å². The fraction of sp³-hybridized carbons (Fsp3) is 0.182. The van der Waals surface area contributed by atoms with Gasteiger partial charge in [-0.15, -0.1) is 0 Å². The fourth-order valence-corrected chi connectivity index (χ4v) is 3.27. The topological polar surface area (TPSA) is 81.3 Å². The average Bonchev–Trinajstić information content (AvgIpc) is 3.05. The molecule has 1 amide bonds. The summed E-state index contributed by atoms with van der Waals surface area (Å²) in [7, 11) is 1.82. The standard InChI is InChI=1S/C22H21N5O2/c1-13-7-8-16(10-15(13)3)18-12-24-22(26(18)4)25-20(28)17-11-23-19-14(2)6-5-9-27(19)21(17)29/h5-12H,1-4H3,(H,24,25,28). The molecule has 7 heteroatoms. The molecule has 0 unspecified atom stereocenters. The van der Waals surface area contributed by atoms with Crippen LogP contribution in [0, 0.1) is 20.8 Å². The van der Waals surface area contributed by atoms with Crippen molar-refractivity contribution in [3.05, 3.63) is 81.5 Å². The molecule has 0 atom stereocenters. The molecule has 7 nitrogen and oxygen atoms in total. The van der Waals surface area contributed by atoms with Crippen molar-refractivity contribution in [2.24, 2.45) is 7.05 Å². The van der Waals surface area contributed by atoms with Crippen molar-refractivity contribution in [2.45, 2.75) is 20.8 Å². The first kappa shape index (κ1) is 18.6. The van der Waals surface area contributed by atoms with E-state index in [1.165, 1.54) is 21.7 Å². The number of anilines is 1. The van der Waals surface area contributed by atoms with Crippen LogP contribution in [0.4, 0.5) is 5.95 Å². The summed E-state index contributed by atoms with van der Waals surface area (Å²) < 4.78 is 3.17. The molecule has 3 heterocycles. The third-order valence-electron chi connectivity index (χ3n) is 5.19. The number of imidazole rings is 1. The quantitative estimate of drug-likeness (QED) is 0.585. The number of aryl methyl sites for hydroxylation is 3. The minimum atomic E-state index is -0.543. The maximum Gasteiger partial charge on any atom is 0.270 e. The normalized spacial score (nSPS) is 11.0. The summed E-state index contributed by atoms with van der Waals surface area (Å²) in [5.41, 5.74) is 5.20. The fourth-order valence-electron chi connectivity index (χ4n) is 3.27. The van der Waals surface area contributed by atoms with E-state index in [0.29, 0.717) is 11.6 Å². The van der Waals surface area contributed by atoms with Crippen molar-refractivity contribution in [2.75, 3.05) is 5.32 Å².